The van der Waals surface area contributed by atoms with Crippen LogP contribution in [0.5, 0.6) is 0 Å². The predicted octanol–water partition coefficient (Wildman–Crippen LogP) is 3.69. The molecule has 0 N–H and O–H groups in total. The number of fused-ring (bicyclic) bond motifs is 1. The minimum atomic E-state index is 0.503. The van der Waals surface area contributed by atoms with Crippen molar-refractivity contribution in [3.63, 3.8) is 0 Å². The van der Waals surface area contributed by atoms with Crippen LogP contribution in [0, 0.1) is 11.3 Å². The van der Waals surface area contributed by atoms with E-state index >= 15 is 0 Å². The Morgan fingerprint density at radius 1 is 1.04 bits per heavy atom. The van der Waals surface area contributed by atoms with Gasteiger partial charge < -0.3 is 4.90 Å². The lowest BCUT2D eigenvalue weighted by Gasteiger charge is -2.14. The predicted molar refractivity (Wildman–Crippen MR) is 98.7 cm³/mol. The summed E-state index contributed by atoms with van der Waals surface area (Å²) in [5.41, 5.74) is 2.84. The van der Waals surface area contributed by atoms with E-state index in [0.29, 0.717) is 11.3 Å². The van der Waals surface area contributed by atoms with Crippen molar-refractivity contribution in [1.29, 1.82) is 5.26 Å². The SMILES string of the molecule is N#C/C(=C/c1cnc(N2CCCC2)nc1)c1ccc2ccccc2n1. The van der Waals surface area contributed by atoms with E-state index in [1.54, 1.807) is 18.5 Å². The summed E-state index contributed by atoms with van der Waals surface area (Å²) in [5.74, 6) is 0.761. The van der Waals surface area contributed by atoms with E-state index in [1.165, 1.54) is 12.8 Å². The molecule has 4 rings (SSSR count). The summed E-state index contributed by atoms with van der Waals surface area (Å²) in [4.78, 5) is 15.6. The molecule has 1 aliphatic heterocycles. The van der Waals surface area contributed by atoms with Crippen molar-refractivity contribution >= 4 is 28.5 Å². The third-order valence-corrected chi connectivity index (χ3v) is 4.35. The van der Waals surface area contributed by atoms with Crippen LogP contribution in [0.25, 0.3) is 22.6 Å². The number of nitrogens with zero attached hydrogens (tertiary/aromatic N) is 5. The van der Waals surface area contributed by atoms with Crippen molar-refractivity contribution in [2.24, 2.45) is 0 Å². The molecule has 0 unspecified atom stereocenters. The van der Waals surface area contributed by atoms with Gasteiger partial charge in [0.2, 0.25) is 5.95 Å². The van der Waals surface area contributed by atoms with Gasteiger partial charge >= 0.3 is 0 Å². The molecule has 0 atom stereocenters. The van der Waals surface area contributed by atoms with Crippen LogP contribution in [0.3, 0.4) is 0 Å². The van der Waals surface area contributed by atoms with Crippen LogP contribution in [-0.4, -0.2) is 28.0 Å². The van der Waals surface area contributed by atoms with Gasteiger partial charge in [-0.1, -0.05) is 24.3 Å². The first-order valence-corrected chi connectivity index (χ1v) is 8.38. The summed E-state index contributed by atoms with van der Waals surface area (Å²) in [5, 5.41) is 10.6. The monoisotopic (exact) mass is 327 g/mol. The molecule has 0 bridgehead atoms. The number of pyridine rings is 1. The molecule has 1 fully saturated rings. The lowest BCUT2D eigenvalue weighted by molar-refractivity contribution is 0.897. The second kappa shape index (κ2) is 6.70. The zero-order chi connectivity index (χ0) is 17.1. The lowest BCUT2D eigenvalue weighted by Crippen LogP contribution is -2.20. The van der Waals surface area contributed by atoms with Gasteiger partial charge in [0.05, 0.1) is 16.8 Å². The van der Waals surface area contributed by atoms with E-state index in [4.69, 9.17) is 0 Å². The minimum absolute atomic E-state index is 0.503. The maximum absolute atomic E-state index is 9.53. The second-order valence-electron chi connectivity index (χ2n) is 6.07. The minimum Gasteiger partial charge on any atom is -0.341 e. The Kier molecular flexibility index (Phi) is 4.09. The molecule has 1 saturated heterocycles. The first-order chi connectivity index (χ1) is 12.3. The Morgan fingerprint density at radius 2 is 1.80 bits per heavy atom. The van der Waals surface area contributed by atoms with Crippen molar-refractivity contribution in [3.8, 4) is 6.07 Å². The first kappa shape index (κ1) is 15.3. The highest BCUT2D eigenvalue weighted by atomic mass is 15.3. The second-order valence-corrected chi connectivity index (χ2v) is 6.07. The zero-order valence-electron chi connectivity index (χ0n) is 13.8. The van der Waals surface area contributed by atoms with Gasteiger partial charge in [0, 0.05) is 36.4 Å². The number of anilines is 1. The molecular formula is C20H17N5. The van der Waals surface area contributed by atoms with Crippen molar-refractivity contribution in [1.82, 2.24) is 15.0 Å². The molecule has 5 heteroatoms. The molecular weight excluding hydrogens is 310 g/mol. The average molecular weight is 327 g/mol. The van der Waals surface area contributed by atoms with E-state index < -0.39 is 0 Å². The fraction of sp³-hybridized carbons (Fsp3) is 0.200. The topological polar surface area (TPSA) is 65.7 Å². The molecule has 1 aliphatic rings. The largest absolute Gasteiger partial charge is 0.341 e. The van der Waals surface area contributed by atoms with Gasteiger partial charge in [-0.05, 0) is 31.1 Å². The van der Waals surface area contributed by atoms with Gasteiger partial charge in [-0.2, -0.15) is 5.26 Å². The van der Waals surface area contributed by atoms with Crippen LogP contribution >= 0.6 is 0 Å². The van der Waals surface area contributed by atoms with Crippen molar-refractivity contribution in [3.05, 3.63) is 60.0 Å². The summed E-state index contributed by atoms with van der Waals surface area (Å²) in [6.45, 7) is 2.03. The van der Waals surface area contributed by atoms with Crippen LogP contribution in [0.1, 0.15) is 24.1 Å². The molecule has 0 radical (unpaired) electrons. The van der Waals surface area contributed by atoms with Gasteiger partial charge in [0.25, 0.3) is 0 Å². The summed E-state index contributed by atoms with van der Waals surface area (Å²) in [6.07, 6.45) is 7.69. The Hall–Kier alpha value is -3.26. The first-order valence-electron chi connectivity index (χ1n) is 8.38. The van der Waals surface area contributed by atoms with E-state index in [9.17, 15) is 5.26 Å². The Labute approximate surface area is 146 Å². The van der Waals surface area contributed by atoms with E-state index in [-0.39, 0.29) is 0 Å². The number of hydrogen-bond donors (Lipinski definition) is 0. The number of allylic oxidation sites excluding steroid dienone is 1. The summed E-state index contributed by atoms with van der Waals surface area (Å²) in [6, 6.07) is 14.0. The lowest BCUT2D eigenvalue weighted by atomic mass is 10.1. The molecule has 0 aliphatic carbocycles. The molecule has 122 valence electrons. The van der Waals surface area contributed by atoms with Crippen LogP contribution in [0.2, 0.25) is 0 Å². The number of nitriles is 1. The number of rotatable bonds is 3. The highest BCUT2D eigenvalue weighted by Gasteiger charge is 2.14. The van der Waals surface area contributed by atoms with Crippen LogP contribution in [0.4, 0.5) is 5.95 Å². The van der Waals surface area contributed by atoms with Crippen LogP contribution in [0.15, 0.2) is 48.8 Å². The molecule has 0 amide bonds. The summed E-state index contributed by atoms with van der Waals surface area (Å²) >= 11 is 0. The molecule has 1 aromatic carbocycles. The highest BCUT2D eigenvalue weighted by molar-refractivity contribution is 5.90. The smallest absolute Gasteiger partial charge is 0.225 e. The quantitative estimate of drug-likeness (QED) is 0.686. The van der Waals surface area contributed by atoms with Gasteiger partial charge in [0.1, 0.15) is 6.07 Å². The van der Waals surface area contributed by atoms with E-state index in [2.05, 4.69) is 25.9 Å². The van der Waals surface area contributed by atoms with Gasteiger partial charge in [0.15, 0.2) is 0 Å². The number of hydrogen-bond acceptors (Lipinski definition) is 5. The van der Waals surface area contributed by atoms with Gasteiger partial charge in [-0.15, -0.1) is 0 Å². The van der Waals surface area contributed by atoms with Crippen molar-refractivity contribution < 1.29 is 0 Å². The molecule has 5 nitrogen and oxygen atoms in total. The fourth-order valence-corrected chi connectivity index (χ4v) is 3.03. The molecule has 0 saturated carbocycles. The third-order valence-electron chi connectivity index (χ3n) is 4.35. The van der Waals surface area contributed by atoms with E-state index in [0.717, 1.165) is 35.5 Å². The normalized spacial score (nSPS) is 14.7. The summed E-state index contributed by atoms with van der Waals surface area (Å²) in [7, 11) is 0. The van der Waals surface area contributed by atoms with Crippen molar-refractivity contribution in [2.75, 3.05) is 18.0 Å². The molecule has 3 heterocycles. The Morgan fingerprint density at radius 3 is 2.56 bits per heavy atom. The van der Waals surface area contributed by atoms with Crippen LogP contribution in [-0.2, 0) is 0 Å². The number of aromatic nitrogens is 3. The fourth-order valence-electron chi connectivity index (χ4n) is 3.03. The zero-order valence-corrected chi connectivity index (χ0v) is 13.8. The number of benzene rings is 1. The number of para-hydroxylation sites is 1. The maximum Gasteiger partial charge on any atom is 0.225 e. The third kappa shape index (κ3) is 3.20. The highest BCUT2D eigenvalue weighted by Crippen LogP contribution is 2.20. The van der Waals surface area contributed by atoms with Crippen LogP contribution < -0.4 is 4.90 Å². The standard InChI is InChI=1S/C20H17N5/c21-12-17(19-8-7-16-5-1-2-6-18(16)24-19)11-15-13-22-20(23-14-15)25-9-3-4-10-25/h1-2,5-8,11,13-14H,3-4,9-10H2/b17-11-. The Bertz CT molecular complexity index is 963. The maximum atomic E-state index is 9.53. The summed E-state index contributed by atoms with van der Waals surface area (Å²) < 4.78 is 0. The Balaban J connectivity index is 1.64. The van der Waals surface area contributed by atoms with Crippen molar-refractivity contribution in [2.45, 2.75) is 12.8 Å². The molecule has 25 heavy (non-hydrogen) atoms. The van der Waals surface area contributed by atoms with Gasteiger partial charge in [-0.25, -0.2) is 15.0 Å². The van der Waals surface area contributed by atoms with Gasteiger partial charge in [-0.3, -0.25) is 0 Å². The molecule has 0 spiro atoms. The molecule has 2 aromatic heterocycles. The van der Waals surface area contributed by atoms with E-state index in [1.807, 2.05) is 36.4 Å². The average Bonchev–Trinajstić information content (AvgIpc) is 3.21. The molecule has 3 aromatic rings.